The molecule has 2 bridgehead atoms. The standard InChI is InChI=1S/C39H42N6O2/c1-24-12-17-31(18-13-24)45-35(23-34(44-45)39(2,3)4)43-38(47)41-28-10-7-9-26(20-28)36(27-21-29-15-16-30(22-27)40-29)37(46)33-19-14-25-8-5-6-11-32(25)42-33/h5-14,17-20,23,27,29-30,36,40H,15-16,21-22H2,1-4H3,(H2,41,43,47). The number of nitrogens with one attached hydrogen (secondary N) is 3. The van der Waals surface area contributed by atoms with Gasteiger partial charge in [0.25, 0.3) is 0 Å². The van der Waals surface area contributed by atoms with Crippen molar-refractivity contribution in [2.45, 2.75) is 76.8 Å². The number of rotatable bonds is 7. The fraction of sp³-hybridized carbons (Fsp3) is 0.333. The molecule has 8 nitrogen and oxygen atoms in total. The minimum Gasteiger partial charge on any atom is -0.311 e. The van der Waals surface area contributed by atoms with E-state index in [9.17, 15) is 9.59 Å². The zero-order valence-corrected chi connectivity index (χ0v) is 27.5. The minimum absolute atomic E-state index is 0.0281. The Kier molecular flexibility index (Phi) is 8.14. The predicted octanol–water partition coefficient (Wildman–Crippen LogP) is 8.17. The molecule has 2 aliphatic rings. The maximum Gasteiger partial charge on any atom is 0.324 e. The van der Waals surface area contributed by atoms with Gasteiger partial charge in [-0.15, -0.1) is 0 Å². The van der Waals surface area contributed by atoms with E-state index in [1.807, 2.05) is 97.9 Å². The van der Waals surface area contributed by atoms with E-state index in [-0.39, 0.29) is 29.1 Å². The molecule has 4 heterocycles. The summed E-state index contributed by atoms with van der Waals surface area (Å²) in [5.41, 5.74) is 5.50. The molecule has 0 radical (unpaired) electrons. The van der Waals surface area contributed by atoms with Crippen LogP contribution in [-0.4, -0.2) is 38.7 Å². The number of para-hydroxylation sites is 1. The summed E-state index contributed by atoms with van der Waals surface area (Å²) in [5.74, 6) is 0.419. The fourth-order valence-corrected chi connectivity index (χ4v) is 7.18. The van der Waals surface area contributed by atoms with Crippen molar-refractivity contribution in [2.75, 3.05) is 10.6 Å². The van der Waals surface area contributed by atoms with Gasteiger partial charge in [0.15, 0.2) is 5.78 Å². The highest BCUT2D eigenvalue weighted by Crippen LogP contribution is 2.41. The van der Waals surface area contributed by atoms with Crippen molar-refractivity contribution in [3.63, 3.8) is 0 Å². The number of carbonyl (C=O) groups excluding carboxylic acids is 2. The van der Waals surface area contributed by atoms with E-state index in [4.69, 9.17) is 10.1 Å². The highest BCUT2D eigenvalue weighted by Gasteiger charge is 2.40. The molecule has 240 valence electrons. The summed E-state index contributed by atoms with van der Waals surface area (Å²) in [6.45, 7) is 8.34. The lowest BCUT2D eigenvalue weighted by atomic mass is 9.75. The van der Waals surface area contributed by atoms with Crippen molar-refractivity contribution in [1.29, 1.82) is 0 Å². The molecule has 7 rings (SSSR count). The van der Waals surface area contributed by atoms with Gasteiger partial charge < -0.3 is 10.6 Å². The van der Waals surface area contributed by atoms with E-state index in [0.717, 1.165) is 59.1 Å². The first-order chi connectivity index (χ1) is 22.6. The lowest BCUT2D eigenvalue weighted by Crippen LogP contribution is -2.41. The van der Waals surface area contributed by atoms with E-state index < -0.39 is 0 Å². The molecule has 3 atom stereocenters. The van der Waals surface area contributed by atoms with Gasteiger partial charge in [-0.25, -0.2) is 14.5 Å². The lowest BCUT2D eigenvalue weighted by Gasteiger charge is -2.34. The first-order valence-corrected chi connectivity index (χ1v) is 16.6. The number of amides is 2. The molecule has 0 aliphatic carbocycles. The van der Waals surface area contributed by atoms with Crippen LogP contribution in [0.3, 0.4) is 0 Å². The molecule has 0 spiro atoms. The number of anilines is 2. The van der Waals surface area contributed by atoms with Crippen molar-refractivity contribution in [2.24, 2.45) is 5.92 Å². The third-order valence-corrected chi connectivity index (χ3v) is 9.62. The van der Waals surface area contributed by atoms with Gasteiger partial charge in [0, 0.05) is 34.6 Å². The third kappa shape index (κ3) is 6.56. The van der Waals surface area contributed by atoms with Crippen LogP contribution in [0.25, 0.3) is 16.6 Å². The van der Waals surface area contributed by atoms with E-state index in [1.165, 1.54) is 0 Å². The van der Waals surface area contributed by atoms with Crippen molar-refractivity contribution >= 4 is 34.2 Å². The van der Waals surface area contributed by atoms with Crippen LogP contribution in [0.2, 0.25) is 0 Å². The highest BCUT2D eigenvalue weighted by atomic mass is 16.2. The van der Waals surface area contributed by atoms with Gasteiger partial charge >= 0.3 is 6.03 Å². The number of aromatic nitrogens is 3. The summed E-state index contributed by atoms with van der Waals surface area (Å²) in [5, 5.41) is 15.6. The lowest BCUT2D eigenvalue weighted by molar-refractivity contribution is 0.0901. The Labute approximate surface area is 276 Å². The Morgan fingerprint density at radius 2 is 1.62 bits per heavy atom. The number of pyridine rings is 1. The van der Waals surface area contributed by atoms with Crippen molar-refractivity contribution in [3.05, 3.63) is 114 Å². The molecule has 3 N–H and O–H groups in total. The summed E-state index contributed by atoms with van der Waals surface area (Å²) in [6.07, 6.45) is 4.18. The molecule has 2 amide bonds. The maximum absolute atomic E-state index is 14.4. The Morgan fingerprint density at radius 3 is 2.36 bits per heavy atom. The monoisotopic (exact) mass is 626 g/mol. The van der Waals surface area contributed by atoms with E-state index >= 15 is 0 Å². The number of Topliss-reactive ketones (excluding diaryl/α,β-unsaturated/α-hetero) is 1. The van der Waals surface area contributed by atoms with Crippen molar-refractivity contribution in [3.8, 4) is 5.69 Å². The zero-order valence-electron chi connectivity index (χ0n) is 27.5. The predicted molar refractivity (Wildman–Crippen MR) is 188 cm³/mol. The molecular weight excluding hydrogens is 584 g/mol. The van der Waals surface area contributed by atoms with E-state index in [2.05, 4.69) is 36.7 Å². The van der Waals surface area contributed by atoms with Crippen LogP contribution < -0.4 is 16.0 Å². The van der Waals surface area contributed by atoms with Crippen LogP contribution in [0.1, 0.15) is 79.7 Å². The molecule has 3 aromatic carbocycles. The largest absolute Gasteiger partial charge is 0.324 e. The normalized spacial score (nSPS) is 19.8. The first kappa shape index (κ1) is 30.8. The van der Waals surface area contributed by atoms with Gasteiger partial charge in [-0.2, -0.15) is 5.10 Å². The van der Waals surface area contributed by atoms with Gasteiger partial charge in [-0.1, -0.05) is 74.9 Å². The van der Waals surface area contributed by atoms with Crippen LogP contribution >= 0.6 is 0 Å². The smallest absolute Gasteiger partial charge is 0.311 e. The quantitative estimate of drug-likeness (QED) is 0.158. The van der Waals surface area contributed by atoms with Gasteiger partial charge in [0.2, 0.25) is 0 Å². The molecule has 2 aliphatic heterocycles. The van der Waals surface area contributed by atoms with Crippen molar-refractivity contribution in [1.82, 2.24) is 20.1 Å². The molecular formula is C39H42N6O2. The number of benzene rings is 3. The molecule has 2 saturated heterocycles. The van der Waals surface area contributed by atoms with Crippen LogP contribution in [0.15, 0.2) is 91.0 Å². The number of urea groups is 1. The van der Waals surface area contributed by atoms with E-state index in [1.54, 1.807) is 4.68 Å². The summed E-state index contributed by atoms with van der Waals surface area (Å²) < 4.78 is 1.77. The van der Waals surface area contributed by atoms with E-state index in [0.29, 0.717) is 29.3 Å². The Balaban J connectivity index is 1.17. The number of ketones is 1. The summed E-state index contributed by atoms with van der Waals surface area (Å²) in [6, 6.07) is 29.9. The van der Waals surface area contributed by atoms with Crippen LogP contribution in [0, 0.1) is 12.8 Å². The number of piperidine rings is 1. The maximum atomic E-state index is 14.4. The van der Waals surface area contributed by atoms with Crippen LogP contribution in [0.5, 0.6) is 0 Å². The van der Waals surface area contributed by atoms with Crippen LogP contribution in [-0.2, 0) is 5.41 Å². The number of aryl methyl sites for hydroxylation is 1. The molecule has 8 heteroatoms. The number of nitrogens with zero attached hydrogens (tertiary/aromatic N) is 3. The minimum atomic E-state index is -0.380. The SMILES string of the molecule is Cc1ccc(-n2nc(C(C)(C)C)cc2NC(=O)Nc2cccc(C(C(=O)c3ccc4ccccc4n3)C3CC4CCC(C3)N4)c2)cc1. The second kappa shape index (κ2) is 12.4. The number of fused-ring (bicyclic) bond motifs is 3. The topological polar surface area (TPSA) is 101 Å². The summed E-state index contributed by atoms with van der Waals surface area (Å²) >= 11 is 0. The fourth-order valence-electron chi connectivity index (χ4n) is 7.18. The van der Waals surface area contributed by atoms with Gasteiger partial charge in [-0.05, 0) is 80.5 Å². The summed E-state index contributed by atoms with van der Waals surface area (Å²) in [7, 11) is 0. The Morgan fingerprint density at radius 1 is 0.872 bits per heavy atom. The molecule has 0 saturated carbocycles. The summed E-state index contributed by atoms with van der Waals surface area (Å²) in [4.78, 5) is 32.7. The third-order valence-electron chi connectivity index (χ3n) is 9.62. The number of carbonyl (C=O) groups is 2. The second-order valence-electron chi connectivity index (χ2n) is 14.2. The number of hydrogen-bond donors (Lipinski definition) is 3. The van der Waals surface area contributed by atoms with Gasteiger partial charge in [0.05, 0.1) is 22.8 Å². The zero-order chi connectivity index (χ0) is 32.7. The molecule has 5 aromatic rings. The molecule has 3 unspecified atom stereocenters. The average Bonchev–Trinajstić information content (AvgIpc) is 3.63. The molecule has 2 aromatic heterocycles. The second-order valence-corrected chi connectivity index (χ2v) is 14.2. The van der Waals surface area contributed by atoms with Crippen molar-refractivity contribution < 1.29 is 9.59 Å². The molecule has 47 heavy (non-hydrogen) atoms. The highest BCUT2D eigenvalue weighted by molar-refractivity contribution is 6.02. The molecule has 2 fully saturated rings. The van der Waals surface area contributed by atoms with Gasteiger partial charge in [-0.3, -0.25) is 10.1 Å². The number of hydrogen-bond acceptors (Lipinski definition) is 5. The van der Waals surface area contributed by atoms with Gasteiger partial charge in [0.1, 0.15) is 11.5 Å². The first-order valence-electron chi connectivity index (χ1n) is 16.6. The Bertz CT molecular complexity index is 1930. The van der Waals surface area contributed by atoms with Crippen LogP contribution in [0.4, 0.5) is 16.3 Å². The average molecular weight is 627 g/mol. The Hall–Kier alpha value is -4.82.